The molecule has 1 aliphatic carbocycles. The second-order valence-electron chi connectivity index (χ2n) is 7.42. The molecule has 2 aromatic carbocycles. The van der Waals surface area contributed by atoms with Gasteiger partial charge in [0.1, 0.15) is 0 Å². The summed E-state index contributed by atoms with van der Waals surface area (Å²) in [6, 6.07) is 18.8. The number of piperidine rings is 1. The lowest BCUT2D eigenvalue weighted by molar-refractivity contribution is -0.120. The molecule has 3 aliphatic heterocycles. The minimum atomic E-state index is -0.295. The summed E-state index contributed by atoms with van der Waals surface area (Å²) < 4.78 is 0. The predicted molar refractivity (Wildman–Crippen MR) is 98.8 cm³/mol. The number of rotatable bonds is 2. The molecule has 0 radical (unpaired) electrons. The molecule has 2 aromatic rings. The van der Waals surface area contributed by atoms with Gasteiger partial charge in [-0.05, 0) is 41.0 Å². The van der Waals surface area contributed by atoms with Gasteiger partial charge in [-0.15, -0.1) is 0 Å². The van der Waals surface area contributed by atoms with Gasteiger partial charge in [-0.2, -0.15) is 0 Å². The van der Waals surface area contributed by atoms with Crippen LogP contribution in [0.5, 0.6) is 0 Å². The van der Waals surface area contributed by atoms with Crippen LogP contribution in [-0.4, -0.2) is 23.9 Å². The fourth-order valence-electron chi connectivity index (χ4n) is 5.19. The third-order valence-corrected chi connectivity index (χ3v) is 6.20. The third kappa shape index (κ3) is 2.08. The van der Waals surface area contributed by atoms with Gasteiger partial charge in [-0.25, -0.2) is 0 Å². The topological polar surface area (TPSA) is 46.3 Å². The number of benzene rings is 2. The first kappa shape index (κ1) is 14.8. The molecule has 2 bridgehead atoms. The Balaban J connectivity index is 1.82. The van der Waals surface area contributed by atoms with Crippen molar-refractivity contribution in [3.63, 3.8) is 0 Å². The molecule has 0 spiro atoms. The fourth-order valence-corrected chi connectivity index (χ4v) is 5.19. The van der Waals surface area contributed by atoms with Crippen LogP contribution in [0.15, 0.2) is 60.3 Å². The second-order valence-corrected chi connectivity index (χ2v) is 7.42. The molecule has 0 aromatic heterocycles. The lowest BCUT2D eigenvalue weighted by Gasteiger charge is -2.51. The van der Waals surface area contributed by atoms with Crippen LogP contribution < -0.4 is 5.73 Å². The fraction of sp³-hybridized carbons (Fsp3) is 0.318. The van der Waals surface area contributed by atoms with E-state index in [1.807, 2.05) is 12.1 Å². The number of amides is 1. The zero-order chi connectivity index (χ0) is 17.0. The molecule has 3 nitrogen and oxygen atoms in total. The Morgan fingerprint density at radius 3 is 2.36 bits per heavy atom. The van der Waals surface area contributed by atoms with E-state index in [0.29, 0.717) is 5.92 Å². The lowest BCUT2D eigenvalue weighted by Crippen LogP contribution is -2.46. The van der Waals surface area contributed by atoms with E-state index in [-0.39, 0.29) is 17.7 Å². The zero-order valence-electron chi connectivity index (χ0n) is 14.2. The van der Waals surface area contributed by atoms with Crippen LogP contribution in [0.1, 0.15) is 41.4 Å². The predicted octanol–water partition coefficient (Wildman–Crippen LogP) is 3.49. The summed E-state index contributed by atoms with van der Waals surface area (Å²) in [5.41, 5.74) is 12.3. The van der Waals surface area contributed by atoms with Gasteiger partial charge in [0, 0.05) is 24.7 Å². The van der Waals surface area contributed by atoms with Crippen molar-refractivity contribution < 1.29 is 4.79 Å². The van der Waals surface area contributed by atoms with Gasteiger partial charge < -0.3 is 10.6 Å². The number of primary amides is 1. The molecule has 2 atom stereocenters. The summed E-state index contributed by atoms with van der Waals surface area (Å²) in [7, 11) is 0. The molecular formula is C22H22N2O. The van der Waals surface area contributed by atoms with E-state index in [9.17, 15) is 4.79 Å². The number of allylic oxidation sites excluding steroid dienone is 2. The molecule has 2 N–H and O–H groups in total. The maximum absolute atomic E-state index is 12.6. The lowest BCUT2D eigenvalue weighted by atomic mass is 9.64. The number of carbonyl (C=O) groups excluding carboxylic acids is 1. The molecular weight excluding hydrogens is 308 g/mol. The Hall–Kier alpha value is -2.55. The van der Waals surface area contributed by atoms with Crippen molar-refractivity contribution in [1.82, 2.24) is 4.90 Å². The van der Waals surface area contributed by atoms with Gasteiger partial charge in [0.2, 0.25) is 5.91 Å². The zero-order valence-corrected chi connectivity index (χ0v) is 14.2. The second kappa shape index (κ2) is 5.48. The summed E-state index contributed by atoms with van der Waals surface area (Å²) in [5.74, 6) is 0.125. The van der Waals surface area contributed by atoms with E-state index >= 15 is 0 Å². The minimum Gasteiger partial charge on any atom is -0.374 e. The first-order chi connectivity index (χ1) is 12.3. The van der Waals surface area contributed by atoms with Crippen LogP contribution in [-0.2, 0) is 4.79 Å². The normalized spacial score (nSPS) is 24.9. The van der Waals surface area contributed by atoms with Crippen molar-refractivity contribution in [2.75, 3.05) is 13.1 Å². The Kier molecular flexibility index (Phi) is 3.24. The third-order valence-electron chi connectivity index (χ3n) is 6.20. The average Bonchev–Trinajstić information content (AvgIpc) is 2.68. The largest absolute Gasteiger partial charge is 0.374 e. The van der Waals surface area contributed by atoms with E-state index in [1.165, 1.54) is 35.2 Å². The van der Waals surface area contributed by atoms with Gasteiger partial charge >= 0.3 is 0 Å². The Labute approximate surface area is 148 Å². The Morgan fingerprint density at radius 2 is 1.64 bits per heavy atom. The standard InChI is InChI=1S/C22H22N2O/c23-22(25)20-17-9-5-4-8-16(17)18-15-10-12-24(13-11-15)21(18)19(20)14-6-2-1-3-7-14/h1-9,15,19-20H,10-13H2,(H2,23,25)/t19-,20+/m1/s1. The monoisotopic (exact) mass is 330 g/mol. The SMILES string of the molecule is NC(=O)[C@H]1c2ccccc2C2=C([C@@H]1c1ccccc1)N1CCC2CC1. The molecule has 4 aliphatic rings. The first-order valence-corrected chi connectivity index (χ1v) is 9.18. The smallest absolute Gasteiger partial charge is 0.226 e. The van der Waals surface area contributed by atoms with Crippen molar-refractivity contribution in [3.05, 3.63) is 77.0 Å². The molecule has 0 unspecified atom stereocenters. The number of carbonyl (C=O) groups is 1. The molecule has 6 rings (SSSR count). The van der Waals surface area contributed by atoms with Crippen LogP contribution in [0, 0.1) is 5.92 Å². The molecule has 1 saturated heterocycles. The molecule has 1 amide bonds. The van der Waals surface area contributed by atoms with E-state index in [4.69, 9.17) is 5.73 Å². The number of nitrogens with two attached hydrogens (primary N) is 1. The van der Waals surface area contributed by atoms with E-state index in [0.717, 1.165) is 18.7 Å². The van der Waals surface area contributed by atoms with Crippen LogP contribution in [0.25, 0.3) is 5.57 Å². The number of fused-ring (bicyclic) bond motifs is 3. The summed E-state index contributed by atoms with van der Waals surface area (Å²) >= 11 is 0. The summed E-state index contributed by atoms with van der Waals surface area (Å²) in [5, 5.41) is 0. The molecule has 0 saturated carbocycles. The molecule has 3 heteroatoms. The Bertz CT molecular complexity index is 863. The molecule has 3 heterocycles. The molecule has 126 valence electrons. The van der Waals surface area contributed by atoms with Crippen molar-refractivity contribution in [2.45, 2.75) is 24.7 Å². The van der Waals surface area contributed by atoms with Crippen molar-refractivity contribution in [1.29, 1.82) is 0 Å². The molecule has 1 fully saturated rings. The van der Waals surface area contributed by atoms with Gasteiger partial charge in [-0.1, -0.05) is 54.6 Å². The quantitative estimate of drug-likeness (QED) is 0.916. The maximum Gasteiger partial charge on any atom is 0.226 e. The van der Waals surface area contributed by atoms with Gasteiger partial charge in [-0.3, -0.25) is 4.79 Å². The van der Waals surface area contributed by atoms with Crippen LogP contribution in [0.4, 0.5) is 0 Å². The van der Waals surface area contributed by atoms with Gasteiger partial charge in [0.05, 0.1) is 5.92 Å². The van der Waals surface area contributed by atoms with Crippen LogP contribution in [0.3, 0.4) is 0 Å². The number of hydrogen-bond acceptors (Lipinski definition) is 2. The van der Waals surface area contributed by atoms with Crippen molar-refractivity contribution >= 4 is 11.5 Å². The van der Waals surface area contributed by atoms with Crippen LogP contribution in [0.2, 0.25) is 0 Å². The van der Waals surface area contributed by atoms with Gasteiger partial charge in [0.25, 0.3) is 0 Å². The van der Waals surface area contributed by atoms with E-state index in [2.05, 4.69) is 47.4 Å². The highest BCUT2D eigenvalue weighted by atomic mass is 16.1. The summed E-state index contributed by atoms with van der Waals surface area (Å²) in [4.78, 5) is 15.1. The van der Waals surface area contributed by atoms with Crippen molar-refractivity contribution in [3.8, 4) is 0 Å². The molecule has 25 heavy (non-hydrogen) atoms. The van der Waals surface area contributed by atoms with Crippen molar-refractivity contribution in [2.24, 2.45) is 11.7 Å². The highest BCUT2D eigenvalue weighted by Gasteiger charge is 2.46. The highest BCUT2D eigenvalue weighted by molar-refractivity contribution is 5.90. The minimum absolute atomic E-state index is 0.0340. The number of nitrogens with zero attached hydrogens (tertiary/aromatic N) is 1. The van der Waals surface area contributed by atoms with E-state index < -0.39 is 0 Å². The van der Waals surface area contributed by atoms with Gasteiger partial charge in [0.15, 0.2) is 0 Å². The summed E-state index contributed by atoms with van der Waals surface area (Å²) in [6.07, 6.45) is 2.44. The Morgan fingerprint density at radius 1 is 0.960 bits per heavy atom. The number of hydrogen-bond donors (Lipinski definition) is 1. The summed E-state index contributed by atoms with van der Waals surface area (Å²) in [6.45, 7) is 2.20. The maximum atomic E-state index is 12.6. The van der Waals surface area contributed by atoms with E-state index in [1.54, 1.807) is 0 Å². The first-order valence-electron chi connectivity index (χ1n) is 9.18. The van der Waals surface area contributed by atoms with Crippen LogP contribution >= 0.6 is 0 Å². The highest BCUT2D eigenvalue weighted by Crippen LogP contribution is 2.55. The average molecular weight is 330 g/mol.